The molecule has 3 rings (SSSR count). The van der Waals surface area contributed by atoms with Crippen molar-refractivity contribution in [1.29, 1.82) is 0 Å². The van der Waals surface area contributed by atoms with Crippen molar-refractivity contribution in [3.8, 4) is 5.75 Å². The predicted molar refractivity (Wildman–Crippen MR) is 93.9 cm³/mol. The molecule has 1 atom stereocenters. The molecule has 2 aromatic carbocycles. The summed E-state index contributed by atoms with van der Waals surface area (Å²) in [4.78, 5) is 37.8. The number of esters is 1. The number of carbonyl (C=O) groups excluding carboxylic acids is 3. The summed E-state index contributed by atoms with van der Waals surface area (Å²) in [5.74, 6) is -3.94. The zero-order chi connectivity index (χ0) is 20.3. The maximum atomic E-state index is 13.2. The highest BCUT2D eigenvalue weighted by molar-refractivity contribution is 5.99. The van der Waals surface area contributed by atoms with Gasteiger partial charge in [-0.25, -0.2) is 13.6 Å². The Balaban J connectivity index is 1.73. The number of hydrogen-bond donors (Lipinski definition) is 1. The first kappa shape index (κ1) is 19.3. The van der Waals surface area contributed by atoms with E-state index in [9.17, 15) is 23.2 Å². The summed E-state index contributed by atoms with van der Waals surface area (Å²) in [6, 6.07) is 9.15. The Kier molecular flexibility index (Phi) is 5.53. The van der Waals surface area contributed by atoms with E-state index in [2.05, 4.69) is 5.32 Å². The number of halogens is 2. The molecule has 1 aliphatic heterocycles. The van der Waals surface area contributed by atoms with Crippen LogP contribution >= 0.6 is 0 Å². The minimum atomic E-state index is -1.20. The molecule has 1 aliphatic rings. The minimum absolute atomic E-state index is 0.0712. The van der Waals surface area contributed by atoms with Crippen molar-refractivity contribution in [3.05, 3.63) is 59.7 Å². The number of anilines is 1. The molecule has 0 aliphatic carbocycles. The van der Waals surface area contributed by atoms with E-state index in [1.807, 2.05) is 0 Å². The summed E-state index contributed by atoms with van der Waals surface area (Å²) in [5.41, 5.74) is 0.203. The van der Waals surface area contributed by atoms with Crippen molar-refractivity contribution in [3.63, 3.8) is 0 Å². The van der Waals surface area contributed by atoms with E-state index in [4.69, 9.17) is 9.47 Å². The van der Waals surface area contributed by atoms with Gasteiger partial charge in [0.25, 0.3) is 11.8 Å². The lowest BCUT2D eigenvalue weighted by molar-refractivity contribution is -0.128. The highest BCUT2D eigenvalue weighted by Gasteiger charge is 2.33. The molecular weight excluding hydrogens is 374 g/mol. The molecule has 2 aromatic rings. The van der Waals surface area contributed by atoms with Crippen molar-refractivity contribution in [1.82, 2.24) is 5.32 Å². The molecule has 7 nitrogen and oxygen atoms in total. The average molecular weight is 390 g/mol. The van der Waals surface area contributed by atoms with Crippen LogP contribution in [-0.2, 0) is 14.3 Å². The fourth-order valence-electron chi connectivity index (χ4n) is 2.68. The second-order valence-corrected chi connectivity index (χ2v) is 5.90. The monoisotopic (exact) mass is 390 g/mol. The molecule has 0 spiro atoms. The van der Waals surface area contributed by atoms with Crippen LogP contribution < -0.4 is 15.0 Å². The van der Waals surface area contributed by atoms with Gasteiger partial charge in [0.2, 0.25) is 0 Å². The van der Waals surface area contributed by atoms with Gasteiger partial charge >= 0.3 is 5.97 Å². The summed E-state index contributed by atoms with van der Waals surface area (Å²) >= 11 is 0. The van der Waals surface area contributed by atoms with Gasteiger partial charge in [-0.1, -0.05) is 12.1 Å². The summed E-state index contributed by atoms with van der Waals surface area (Å²) in [5, 5.41) is 2.45. The van der Waals surface area contributed by atoms with E-state index in [0.29, 0.717) is 17.5 Å². The largest absolute Gasteiger partial charge is 0.477 e. The maximum absolute atomic E-state index is 13.2. The lowest BCUT2D eigenvalue weighted by Gasteiger charge is -2.33. The molecule has 146 valence electrons. The SMILES string of the molecule is CNC(=O)C1CN(C(=O)COC(=O)c2ccc(F)c(F)c2)c2ccccc2O1. The van der Waals surface area contributed by atoms with Gasteiger partial charge in [0.1, 0.15) is 5.75 Å². The highest BCUT2D eigenvalue weighted by atomic mass is 19.2. The quantitative estimate of drug-likeness (QED) is 0.803. The first-order valence-electron chi connectivity index (χ1n) is 8.30. The van der Waals surface area contributed by atoms with E-state index in [0.717, 1.165) is 12.1 Å². The third-order valence-corrected chi connectivity index (χ3v) is 4.10. The topological polar surface area (TPSA) is 84.9 Å². The van der Waals surface area contributed by atoms with Crippen LogP contribution in [0, 0.1) is 11.6 Å². The maximum Gasteiger partial charge on any atom is 0.338 e. The fourth-order valence-corrected chi connectivity index (χ4v) is 2.68. The number of likely N-dealkylation sites (N-methyl/N-ethyl adjacent to an activating group) is 1. The highest BCUT2D eigenvalue weighted by Crippen LogP contribution is 2.33. The summed E-state index contributed by atoms with van der Waals surface area (Å²) in [6.45, 7) is -0.717. The summed E-state index contributed by atoms with van der Waals surface area (Å²) < 4.78 is 36.7. The number of para-hydroxylation sites is 2. The van der Waals surface area contributed by atoms with E-state index >= 15 is 0 Å². The number of nitrogens with zero attached hydrogens (tertiary/aromatic N) is 1. The number of carbonyl (C=O) groups is 3. The fraction of sp³-hybridized carbons (Fsp3) is 0.211. The molecule has 28 heavy (non-hydrogen) atoms. The van der Waals surface area contributed by atoms with Crippen LogP contribution in [0.1, 0.15) is 10.4 Å². The normalized spacial score (nSPS) is 15.2. The Labute approximate surface area is 158 Å². The number of ether oxygens (including phenoxy) is 2. The number of hydrogen-bond acceptors (Lipinski definition) is 5. The second-order valence-electron chi connectivity index (χ2n) is 5.90. The van der Waals surface area contributed by atoms with Gasteiger partial charge in [-0.05, 0) is 30.3 Å². The molecule has 0 bridgehead atoms. The van der Waals surface area contributed by atoms with Crippen LogP contribution in [0.25, 0.3) is 0 Å². The molecule has 0 saturated carbocycles. The van der Waals surface area contributed by atoms with E-state index in [1.54, 1.807) is 24.3 Å². The molecular formula is C19H16F2N2O5. The van der Waals surface area contributed by atoms with Crippen LogP contribution in [0.3, 0.4) is 0 Å². The molecule has 2 amide bonds. The van der Waals surface area contributed by atoms with Crippen LogP contribution in [0.2, 0.25) is 0 Å². The second kappa shape index (κ2) is 8.03. The summed E-state index contributed by atoms with van der Waals surface area (Å²) in [6.07, 6.45) is -0.925. The Bertz CT molecular complexity index is 934. The third-order valence-electron chi connectivity index (χ3n) is 4.10. The molecule has 1 heterocycles. The number of nitrogens with one attached hydrogen (secondary N) is 1. The van der Waals surface area contributed by atoms with E-state index < -0.39 is 42.1 Å². The van der Waals surface area contributed by atoms with Crippen molar-refractivity contribution < 1.29 is 32.6 Å². The van der Waals surface area contributed by atoms with Crippen molar-refractivity contribution in [2.45, 2.75) is 6.10 Å². The van der Waals surface area contributed by atoms with Crippen molar-refractivity contribution >= 4 is 23.5 Å². The van der Waals surface area contributed by atoms with Crippen LogP contribution in [0.15, 0.2) is 42.5 Å². The first-order valence-corrected chi connectivity index (χ1v) is 8.30. The van der Waals surface area contributed by atoms with Crippen LogP contribution in [-0.4, -0.2) is 44.1 Å². The molecule has 0 radical (unpaired) electrons. The Morgan fingerprint density at radius 3 is 2.64 bits per heavy atom. The third kappa shape index (κ3) is 3.93. The van der Waals surface area contributed by atoms with E-state index in [-0.39, 0.29) is 12.1 Å². The van der Waals surface area contributed by atoms with Gasteiger partial charge in [-0.15, -0.1) is 0 Å². The Morgan fingerprint density at radius 2 is 1.93 bits per heavy atom. The molecule has 0 aromatic heterocycles. The standard InChI is InChI=1S/C19H16F2N2O5/c1-22-18(25)16-9-23(14-4-2-3-5-15(14)28-16)17(24)10-27-19(26)11-6-7-12(20)13(21)8-11/h2-8,16H,9-10H2,1H3,(H,22,25). The number of amides is 2. The zero-order valence-corrected chi connectivity index (χ0v) is 14.8. The molecule has 0 saturated heterocycles. The lowest BCUT2D eigenvalue weighted by atomic mass is 10.1. The molecule has 0 fully saturated rings. The molecule has 1 unspecified atom stereocenters. The van der Waals surface area contributed by atoms with Crippen LogP contribution in [0.5, 0.6) is 5.75 Å². The van der Waals surface area contributed by atoms with Gasteiger partial charge in [0.05, 0.1) is 17.8 Å². The first-order chi connectivity index (χ1) is 13.4. The minimum Gasteiger partial charge on any atom is -0.477 e. The van der Waals surface area contributed by atoms with E-state index in [1.165, 1.54) is 11.9 Å². The molecule has 9 heteroatoms. The van der Waals surface area contributed by atoms with Crippen molar-refractivity contribution in [2.24, 2.45) is 0 Å². The Hall–Kier alpha value is -3.49. The summed E-state index contributed by atoms with van der Waals surface area (Å²) in [7, 11) is 1.45. The van der Waals surface area contributed by atoms with Crippen LogP contribution in [0.4, 0.5) is 14.5 Å². The zero-order valence-electron chi connectivity index (χ0n) is 14.8. The molecule has 1 N–H and O–H groups in total. The number of benzene rings is 2. The van der Waals surface area contributed by atoms with Gasteiger partial charge in [-0.2, -0.15) is 0 Å². The van der Waals surface area contributed by atoms with Crippen molar-refractivity contribution in [2.75, 3.05) is 25.1 Å². The number of fused-ring (bicyclic) bond motifs is 1. The van der Waals surface area contributed by atoms with Gasteiger partial charge in [0, 0.05) is 7.05 Å². The lowest BCUT2D eigenvalue weighted by Crippen LogP contribution is -2.51. The van der Waals surface area contributed by atoms with Gasteiger partial charge in [-0.3, -0.25) is 9.59 Å². The Morgan fingerprint density at radius 1 is 1.18 bits per heavy atom. The smallest absolute Gasteiger partial charge is 0.338 e. The number of rotatable bonds is 4. The van der Waals surface area contributed by atoms with Gasteiger partial charge < -0.3 is 19.7 Å². The predicted octanol–water partition coefficient (Wildman–Crippen LogP) is 1.66. The van der Waals surface area contributed by atoms with Gasteiger partial charge in [0.15, 0.2) is 24.3 Å². The average Bonchev–Trinajstić information content (AvgIpc) is 2.72.